The maximum Gasteiger partial charge on any atom is 0.270 e. The Morgan fingerprint density at radius 1 is 1.35 bits per heavy atom. The van der Waals surface area contributed by atoms with E-state index in [1.165, 1.54) is 12.1 Å². The van der Waals surface area contributed by atoms with Gasteiger partial charge >= 0.3 is 0 Å². The van der Waals surface area contributed by atoms with Crippen LogP contribution in [0.4, 0.5) is 5.69 Å². The normalized spacial score (nSPS) is 13.1. The molecule has 0 radical (unpaired) electrons. The highest BCUT2D eigenvalue weighted by Gasteiger charge is 2.21. The van der Waals surface area contributed by atoms with Crippen LogP contribution in [0, 0.1) is 10.1 Å². The molecule has 0 spiro atoms. The van der Waals surface area contributed by atoms with Gasteiger partial charge in [0.1, 0.15) is 18.1 Å². The maximum absolute atomic E-state index is 11.1. The van der Waals surface area contributed by atoms with E-state index < -0.39 is 4.92 Å². The quantitative estimate of drug-likeness (QED) is 0.560. The third-order valence-electron chi connectivity index (χ3n) is 3.26. The van der Waals surface area contributed by atoms with Gasteiger partial charge in [-0.05, 0) is 34.1 Å². The van der Waals surface area contributed by atoms with Crippen LogP contribution in [-0.4, -0.2) is 11.7 Å². The van der Waals surface area contributed by atoms with Gasteiger partial charge in [0.15, 0.2) is 6.79 Å². The van der Waals surface area contributed by atoms with E-state index in [0.717, 1.165) is 0 Å². The summed E-state index contributed by atoms with van der Waals surface area (Å²) >= 11 is 9.25. The van der Waals surface area contributed by atoms with Gasteiger partial charge in [-0.15, -0.1) is 0 Å². The molecule has 0 atom stereocenters. The van der Waals surface area contributed by atoms with Crippen molar-refractivity contribution in [3.8, 4) is 11.5 Å². The van der Waals surface area contributed by atoms with E-state index in [-0.39, 0.29) is 25.7 Å². The zero-order valence-electron chi connectivity index (χ0n) is 11.8. The smallest absolute Gasteiger partial charge is 0.270 e. The Kier molecular flexibility index (Phi) is 4.70. The lowest BCUT2D eigenvalue weighted by Crippen LogP contribution is -2.14. The number of ether oxygens (including phenoxy) is 3. The summed E-state index contributed by atoms with van der Waals surface area (Å²) < 4.78 is 17.1. The lowest BCUT2D eigenvalue weighted by atomic mass is 10.1. The molecular weight excluding hydrogens is 390 g/mol. The molecule has 6 nitrogen and oxygen atoms in total. The Hall–Kier alpha value is -1.83. The largest absolute Gasteiger partial charge is 0.488 e. The second kappa shape index (κ2) is 6.74. The third-order valence-corrected chi connectivity index (χ3v) is 4.11. The summed E-state index contributed by atoms with van der Waals surface area (Å²) in [5.74, 6) is 1.16. The summed E-state index contributed by atoms with van der Waals surface area (Å²) in [7, 11) is 0. The Balaban J connectivity index is 1.89. The van der Waals surface area contributed by atoms with Gasteiger partial charge in [0, 0.05) is 28.3 Å². The zero-order chi connectivity index (χ0) is 16.4. The van der Waals surface area contributed by atoms with E-state index in [2.05, 4.69) is 15.9 Å². The van der Waals surface area contributed by atoms with Crippen LogP contribution in [0.25, 0.3) is 0 Å². The van der Waals surface area contributed by atoms with E-state index in [4.69, 9.17) is 25.8 Å². The monoisotopic (exact) mass is 399 g/mol. The Morgan fingerprint density at radius 2 is 2.17 bits per heavy atom. The molecule has 23 heavy (non-hydrogen) atoms. The lowest BCUT2D eigenvalue weighted by molar-refractivity contribution is -0.385. The van der Waals surface area contributed by atoms with Gasteiger partial charge in [-0.2, -0.15) is 0 Å². The Morgan fingerprint density at radius 3 is 2.91 bits per heavy atom. The minimum absolute atomic E-state index is 0.0216. The lowest BCUT2D eigenvalue weighted by Gasteiger charge is -2.20. The van der Waals surface area contributed by atoms with Crippen molar-refractivity contribution in [3.05, 3.63) is 61.1 Å². The molecule has 0 amide bonds. The number of non-ortho nitro benzene ring substituents is 1. The van der Waals surface area contributed by atoms with Crippen molar-refractivity contribution >= 4 is 33.2 Å². The van der Waals surface area contributed by atoms with Crippen LogP contribution in [0.15, 0.2) is 34.8 Å². The molecular formula is C15H11BrClNO5. The first-order chi connectivity index (χ1) is 11.0. The van der Waals surface area contributed by atoms with Crippen LogP contribution >= 0.6 is 27.5 Å². The van der Waals surface area contributed by atoms with Crippen molar-refractivity contribution in [2.24, 2.45) is 0 Å². The van der Waals surface area contributed by atoms with Crippen LogP contribution < -0.4 is 9.47 Å². The molecule has 0 saturated carbocycles. The molecule has 0 saturated heterocycles. The maximum atomic E-state index is 11.1. The van der Waals surface area contributed by atoms with Crippen molar-refractivity contribution in [3.63, 3.8) is 0 Å². The Labute approximate surface area is 145 Å². The topological polar surface area (TPSA) is 70.8 Å². The summed E-state index contributed by atoms with van der Waals surface area (Å²) in [4.78, 5) is 10.6. The fourth-order valence-corrected chi connectivity index (χ4v) is 3.04. The van der Waals surface area contributed by atoms with Gasteiger partial charge in [0.2, 0.25) is 0 Å². The van der Waals surface area contributed by atoms with Crippen LogP contribution in [-0.2, 0) is 18.0 Å². The summed E-state index contributed by atoms with van der Waals surface area (Å²) in [5.41, 5.74) is 1.21. The van der Waals surface area contributed by atoms with Crippen LogP contribution in [0.5, 0.6) is 11.5 Å². The number of nitro benzene ring substituents is 1. The Bertz CT molecular complexity index is 768. The van der Waals surface area contributed by atoms with Crippen molar-refractivity contribution in [1.82, 2.24) is 0 Å². The summed E-state index contributed by atoms with van der Waals surface area (Å²) in [6.07, 6.45) is 0. The first kappa shape index (κ1) is 16.0. The molecule has 0 bridgehead atoms. The minimum atomic E-state index is -0.448. The van der Waals surface area contributed by atoms with Gasteiger partial charge in [-0.25, -0.2) is 0 Å². The molecule has 1 aliphatic rings. The van der Waals surface area contributed by atoms with E-state index in [0.29, 0.717) is 32.1 Å². The first-order valence-corrected chi connectivity index (χ1v) is 7.80. The number of nitrogens with zero attached hydrogens (tertiary/aromatic N) is 1. The SMILES string of the molecule is O=[N+]([O-])c1cc2c(c(COc3ccc(Cl)cc3Br)c1)OCOC2. The predicted octanol–water partition coefficient (Wildman–Crippen LogP) is 4.46. The van der Waals surface area contributed by atoms with Gasteiger partial charge < -0.3 is 14.2 Å². The number of fused-ring (bicyclic) bond motifs is 1. The number of rotatable bonds is 4. The molecule has 0 aliphatic carbocycles. The second-order valence-corrected chi connectivity index (χ2v) is 6.12. The average Bonchev–Trinajstić information content (AvgIpc) is 2.53. The number of nitro groups is 1. The molecule has 0 N–H and O–H groups in total. The van der Waals surface area contributed by atoms with Crippen molar-refractivity contribution in [2.75, 3.05) is 6.79 Å². The molecule has 1 heterocycles. The van der Waals surface area contributed by atoms with Crippen LogP contribution in [0.2, 0.25) is 5.02 Å². The molecule has 0 aromatic heterocycles. The number of benzene rings is 2. The summed E-state index contributed by atoms with van der Waals surface area (Å²) in [6.45, 7) is 0.515. The number of halogens is 2. The molecule has 2 aromatic carbocycles. The molecule has 8 heteroatoms. The van der Waals surface area contributed by atoms with Gasteiger partial charge in [0.05, 0.1) is 16.0 Å². The van der Waals surface area contributed by atoms with Gasteiger partial charge in [-0.3, -0.25) is 10.1 Å². The summed E-state index contributed by atoms with van der Waals surface area (Å²) in [5, 5.41) is 11.6. The summed E-state index contributed by atoms with van der Waals surface area (Å²) in [6, 6.07) is 8.05. The number of hydrogen-bond donors (Lipinski definition) is 0. The van der Waals surface area contributed by atoms with Gasteiger partial charge in [-0.1, -0.05) is 11.6 Å². The molecule has 3 rings (SSSR count). The molecule has 0 fully saturated rings. The molecule has 0 unspecified atom stereocenters. The van der Waals surface area contributed by atoms with Crippen molar-refractivity contribution in [1.29, 1.82) is 0 Å². The van der Waals surface area contributed by atoms with Crippen LogP contribution in [0.1, 0.15) is 11.1 Å². The highest BCUT2D eigenvalue weighted by molar-refractivity contribution is 9.10. The number of hydrogen-bond acceptors (Lipinski definition) is 5. The standard InChI is InChI=1S/C15H11BrClNO5/c16-13-5-11(17)1-2-14(13)22-7-10-4-12(18(19)20)3-9-6-21-8-23-15(9)10/h1-5H,6-8H2. The average molecular weight is 401 g/mol. The minimum Gasteiger partial charge on any atom is -0.488 e. The fraction of sp³-hybridized carbons (Fsp3) is 0.200. The highest BCUT2D eigenvalue weighted by atomic mass is 79.9. The predicted molar refractivity (Wildman–Crippen MR) is 86.9 cm³/mol. The van der Waals surface area contributed by atoms with E-state index in [9.17, 15) is 10.1 Å². The van der Waals surface area contributed by atoms with E-state index in [1.807, 2.05) is 0 Å². The fourth-order valence-electron chi connectivity index (χ4n) is 2.24. The molecule has 120 valence electrons. The zero-order valence-corrected chi connectivity index (χ0v) is 14.1. The second-order valence-electron chi connectivity index (χ2n) is 4.82. The molecule has 2 aromatic rings. The van der Waals surface area contributed by atoms with E-state index >= 15 is 0 Å². The van der Waals surface area contributed by atoms with Crippen LogP contribution in [0.3, 0.4) is 0 Å². The van der Waals surface area contributed by atoms with Gasteiger partial charge in [0.25, 0.3) is 5.69 Å². The highest BCUT2D eigenvalue weighted by Crippen LogP contribution is 2.34. The van der Waals surface area contributed by atoms with Crippen molar-refractivity contribution in [2.45, 2.75) is 13.2 Å². The molecule has 1 aliphatic heterocycles. The third kappa shape index (κ3) is 3.57. The van der Waals surface area contributed by atoms with E-state index in [1.54, 1.807) is 18.2 Å². The first-order valence-electron chi connectivity index (χ1n) is 6.63. The van der Waals surface area contributed by atoms with Crippen molar-refractivity contribution < 1.29 is 19.1 Å².